The van der Waals surface area contributed by atoms with Gasteiger partial charge >= 0.3 is 0 Å². The van der Waals surface area contributed by atoms with E-state index in [0.717, 1.165) is 25.6 Å². The molecule has 1 atom stereocenters. The van der Waals surface area contributed by atoms with E-state index in [0.29, 0.717) is 0 Å². The summed E-state index contributed by atoms with van der Waals surface area (Å²) in [4.78, 5) is 3.95. The summed E-state index contributed by atoms with van der Waals surface area (Å²) in [7, 11) is 1.82. The summed E-state index contributed by atoms with van der Waals surface area (Å²) in [5.74, 6) is 0.734. The Labute approximate surface area is 62.3 Å². The van der Waals surface area contributed by atoms with Gasteiger partial charge in [0.2, 0.25) is 0 Å². The molecular weight excluding hydrogens is 126 g/mol. The maximum atomic E-state index is 5.32. The fourth-order valence-corrected chi connectivity index (χ4v) is 1.25. The molecule has 0 amide bonds. The van der Waals surface area contributed by atoms with Crippen LogP contribution in [-0.4, -0.2) is 26.5 Å². The average Bonchev–Trinajstić information content (AvgIpc) is 2.03. The Morgan fingerprint density at radius 1 is 1.70 bits per heavy atom. The van der Waals surface area contributed by atoms with Crippen LogP contribution in [0.15, 0.2) is 4.99 Å². The van der Waals surface area contributed by atoms with Gasteiger partial charge in [-0.2, -0.15) is 0 Å². The molecule has 0 spiro atoms. The molecule has 1 rings (SSSR count). The molecule has 2 heteroatoms. The lowest BCUT2D eigenvalue weighted by Gasteiger charge is -2.19. The Morgan fingerprint density at radius 3 is 3.20 bits per heavy atom. The first-order valence-electron chi connectivity index (χ1n) is 3.92. The van der Waals surface area contributed by atoms with E-state index in [1.165, 1.54) is 12.8 Å². The van der Waals surface area contributed by atoms with Gasteiger partial charge < -0.3 is 9.73 Å². The van der Waals surface area contributed by atoms with Gasteiger partial charge in [0.15, 0.2) is 0 Å². The van der Waals surface area contributed by atoms with Gasteiger partial charge in [-0.15, -0.1) is 0 Å². The van der Waals surface area contributed by atoms with Crippen LogP contribution in [-0.2, 0) is 4.74 Å². The number of rotatable bonds is 2. The maximum Gasteiger partial charge on any atom is 0.0497 e. The molecule has 0 aromatic rings. The summed E-state index contributed by atoms with van der Waals surface area (Å²) in [5, 5.41) is 0. The molecule has 1 fully saturated rings. The van der Waals surface area contributed by atoms with Crippen LogP contribution in [0.3, 0.4) is 0 Å². The molecule has 1 saturated heterocycles. The van der Waals surface area contributed by atoms with Crippen LogP contribution in [0.5, 0.6) is 0 Å². The van der Waals surface area contributed by atoms with E-state index in [9.17, 15) is 0 Å². The van der Waals surface area contributed by atoms with Crippen LogP contribution in [0.1, 0.15) is 19.3 Å². The zero-order chi connectivity index (χ0) is 7.23. The van der Waals surface area contributed by atoms with E-state index in [1.54, 1.807) is 0 Å². The third-order valence-electron chi connectivity index (χ3n) is 1.88. The Hall–Kier alpha value is -0.370. The van der Waals surface area contributed by atoms with Gasteiger partial charge in [-0.05, 0) is 31.4 Å². The Balaban J connectivity index is 2.13. The van der Waals surface area contributed by atoms with Crippen molar-refractivity contribution in [1.82, 2.24) is 0 Å². The van der Waals surface area contributed by atoms with Gasteiger partial charge in [-0.25, -0.2) is 0 Å². The molecule has 58 valence electrons. The lowest BCUT2D eigenvalue weighted by atomic mass is 9.99. The Bertz CT molecular complexity index is 106. The van der Waals surface area contributed by atoms with Gasteiger partial charge in [0.1, 0.15) is 0 Å². The van der Waals surface area contributed by atoms with Gasteiger partial charge in [-0.1, -0.05) is 0 Å². The second-order valence-electron chi connectivity index (χ2n) is 2.76. The van der Waals surface area contributed by atoms with E-state index in [4.69, 9.17) is 4.74 Å². The molecule has 10 heavy (non-hydrogen) atoms. The van der Waals surface area contributed by atoms with Crippen LogP contribution < -0.4 is 0 Å². The highest BCUT2D eigenvalue weighted by atomic mass is 16.5. The first-order chi connectivity index (χ1) is 4.93. The molecule has 1 unspecified atom stereocenters. The summed E-state index contributed by atoms with van der Waals surface area (Å²) < 4.78 is 5.32. The topological polar surface area (TPSA) is 21.6 Å². The predicted octanol–water partition coefficient (Wildman–Crippen LogP) is 1.50. The molecule has 0 radical (unpaired) electrons. The molecule has 1 aliphatic heterocycles. The number of hydrogen-bond acceptors (Lipinski definition) is 2. The van der Waals surface area contributed by atoms with E-state index in [-0.39, 0.29) is 0 Å². The highest BCUT2D eigenvalue weighted by Gasteiger charge is 2.11. The zero-order valence-electron chi connectivity index (χ0n) is 6.55. The third-order valence-corrected chi connectivity index (χ3v) is 1.88. The molecule has 0 bridgehead atoms. The largest absolute Gasteiger partial charge is 0.381 e. The number of ether oxygens (including phenoxy) is 1. The number of aliphatic imine (C=N–C) groups is 1. The summed E-state index contributed by atoms with van der Waals surface area (Å²) in [6.45, 7) is 1.89. The summed E-state index contributed by atoms with van der Waals surface area (Å²) >= 11 is 0. The molecule has 1 aliphatic rings. The van der Waals surface area contributed by atoms with Gasteiger partial charge in [0, 0.05) is 20.3 Å². The van der Waals surface area contributed by atoms with Crippen LogP contribution in [0.25, 0.3) is 0 Å². The normalized spacial score (nSPS) is 27.5. The SMILES string of the molecule is C/N=C/CC1CCCOC1. The van der Waals surface area contributed by atoms with Crippen molar-refractivity contribution in [2.24, 2.45) is 10.9 Å². The average molecular weight is 141 g/mol. The van der Waals surface area contributed by atoms with Crippen molar-refractivity contribution in [3.05, 3.63) is 0 Å². The van der Waals surface area contributed by atoms with Gasteiger partial charge in [0.25, 0.3) is 0 Å². The number of nitrogens with zero attached hydrogens (tertiary/aromatic N) is 1. The van der Waals surface area contributed by atoms with E-state index >= 15 is 0 Å². The summed E-state index contributed by atoms with van der Waals surface area (Å²) in [6.07, 6.45) is 5.62. The first kappa shape index (κ1) is 7.73. The van der Waals surface area contributed by atoms with Crippen molar-refractivity contribution in [1.29, 1.82) is 0 Å². The lowest BCUT2D eigenvalue weighted by molar-refractivity contribution is 0.0578. The van der Waals surface area contributed by atoms with Gasteiger partial charge in [-0.3, -0.25) is 0 Å². The van der Waals surface area contributed by atoms with Crippen molar-refractivity contribution in [2.75, 3.05) is 20.3 Å². The minimum absolute atomic E-state index is 0.734. The van der Waals surface area contributed by atoms with E-state index < -0.39 is 0 Å². The minimum atomic E-state index is 0.734. The van der Waals surface area contributed by atoms with E-state index in [2.05, 4.69) is 4.99 Å². The number of hydrogen-bond donors (Lipinski definition) is 0. The molecule has 0 aromatic heterocycles. The molecule has 1 heterocycles. The third kappa shape index (κ3) is 2.48. The Kier molecular flexibility index (Phi) is 3.44. The van der Waals surface area contributed by atoms with Crippen LogP contribution in [0.4, 0.5) is 0 Å². The lowest BCUT2D eigenvalue weighted by Crippen LogP contribution is -2.17. The minimum Gasteiger partial charge on any atom is -0.381 e. The molecule has 0 saturated carbocycles. The van der Waals surface area contributed by atoms with Crippen LogP contribution in [0.2, 0.25) is 0 Å². The first-order valence-corrected chi connectivity index (χ1v) is 3.92. The molecule has 0 aliphatic carbocycles. The predicted molar refractivity (Wildman–Crippen MR) is 42.6 cm³/mol. The van der Waals surface area contributed by atoms with Crippen molar-refractivity contribution < 1.29 is 4.74 Å². The summed E-state index contributed by atoms with van der Waals surface area (Å²) in [6, 6.07) is 0. The fourth-order valence-electron chi connectivity index (χ4n) is 1.25. The molecule has 0 aromatic carbocycles. The highest BCUT2D eigenvalue weighted by Crippen LogP contribution is 2.15. The molecule has 0 N–H and O–H groups in total. The van der Waals surface area contributed by atoms with E-state index in [1.807, 2.05) is 13.3 Å². The van der Waals surface area contributed by atoms with Crippen molar-refractivity contribution in [2.45, 2.75) is 19.3 Å². The Morgan fingerprint density at radius 2 is 2.60 bits per heavy atom. The van der Waals surface area contributed by atoms with Crippen molar-refractivity contribution in [3.63, 3.8) is 0 Å². The molecular formula is C8H15NO. The second-order valence-corrected chi connectivity index (χ2v) is 2.76. The smallest absolute Gasteiger partial charge is 0.0497 e. The summed E-state index contributed by atoms with van der Waals surface area (Å²) in [5.41, 5.74) is 0. The molecule has 2 nitrogen and oxygen atoms in total. The highest BCUT2D eigenvalue weighted by molar-refractivity contribution is 5.57. The standard InChI is InChI=1S/C8H15NO/c1-9-5-4-8-3-2-6-10-7-8/h5,8H,2-4,6-7H2,1H3/b9-5+. The quantitative estimate of drug-likeness (QED) is 0.534. The van der Waals surface area contributed by atoms with Crippen molar-refractivity contribution >= 4 is 6.21 Å². The second kappa shape index (κ2) is 4.45. The fraction of sp³-hybridized carbons (Fsp3) is 0.875. The monoisotopic (exact) mass is 141 g/mol. The van der Waals surface area contributed by atoms with Crippen LogP contribution >= 0.6 is 0 Å². The van der Waals surface area contributed by atoms with Crippen LogP contribution in [0, 0.1) is 5.92 Å². The van der Waals surface area contributed by atoms with Crippen molar-refractivity contribution in [3.8, 4) is 0 Å². The maximum absolute atomic E-state index is 5.32. The zero-order valence-corrected chi connectivity index (χ0v) is 6.55. The van der Waals surface area contributed by atoms with Gasteiger partial charge in [0.05, 0.1) is 0 Å².